The number of alkyl halides is 2. The third-order valence-electron chi connectivity index (χ3n) is 7.12. The smallest absolute Gasteiger partial charge is 0.396 e. The van der Waals surface area contributed by atoms with Gasteiger partial charge in [-0.15, -0.1) is 8.78 Å². The van der Waals surface area contributed by atoms with Gasteiger partial charge in [0.25, 0.3) is 0 Å². The van der Waals surface area contributed by atoms with Gasteiger partial charge >= 0.3 is 6.29 Å². The van der Waals surface area contributed by atoms with Crippen LogP contribution in [0.1, 0.15) is 58.2 Å². The molecule has 1 aliphatic carbocycles. The third kappa shape index (κ3) is 5.45. The van der Waals surface area contributed by atoms with Gasteiger partial charge in [0.05, 0.1) is 23.2 Å². The van der Waals surface area contributed by atoms with E-state index < -0.39 is 23.4 Å². The zero-order valence-corrected chi connectivity index (χ0v) is 22.9. The van der Waals surface area contributed by atoms with Crippen molar-refractivity contribution < 1.29 is 37.3 Å². The number of aryl methyl sites for hydroxylation is 1. The third-order valence-corrected chi connectivity index (χ3v) is 7.12. The van der Waals surface area contributed by atoms with Gasteiger partial charge in [-0.05, 0) is 49.1 Å². The second-order valence-electron chi connectivity index (χ2n) is 10.3. The quantitative estimate of drug-likeness (QED) is 0.338. The number of rotatable bonds is 9. The van der Waals surface area contributed by atoms with E-state index in [9.17, 15) is 18.7 Å². The number of benzene rings is 2. The lowest BCUT2D eigenvalue weighted by Crippen LogP contribution is -2.28. The molecular formula is C29H35F3N2O5. The first-order chi connectivity index (χ1) is 18.5. The van der Waals surface area contributed by atoms with Gasteiger partial charge < -0.3 is 29.2 Å². The minimum atomic E-state index is -3.75. The molecule has 2 aromatic carbocycles. The Bertz CT molecular complexity index is 1360. The lowest BCUT2D eigenvalue weighted by molar-refractivity contribution is -0.286. The van der Waals surface area contributed by atoms with Crippen molar-refractivity contribution in [3.05, 3.63) is 53.5 Å². The van der Waals surface area contributed by atoms with Crippen molar-refractivity contribution in [2.24, 2.45) is 0 Å². The fraction of sp³-hybridized carbons (Fsp3) is 0.483. The number of fused-ring (bicyclic) bond motifs is 2. The van der Waals surface area contributed by atoms with Crippen LogP contribution in [0.15, 0.2) is 36.4 Å². The molecule has 0 unspecified atom stereocenters. The normalized spacial score (nSPS) is 16.5. The monoisotopic (exact) mass is 548 g/mol. The Morgan fingerprint density at radius 3 is 2.46 bits per heavy atom. The van der Waals surface area contributed by atoms with Crippen LogP contribution in [-0.4, -0.2) is 42.2 Å². The molecule has 2 N–H and O–H groups in total. The highest BCUT2D eigenvalue weighted by molar-refractivity contribution is 6.02. The summed E-state index contributed by atoms with van der Waals surface area (Å²) in [6, 6.07) is 9.22. The summed E-state index contributed by atoms with van der Waals surface area (Å²) in [5.74, 6) is -1.25. The predicted octanol–water partition coefficient (Wildman–Crippen LogP) is 6.10. The Morgan fingerprint density at radius 1 is 1.13 bits per heavy atom. The average Bonchev–Trinajstić information content (AvgIpc) is 3.53. The number of carbonyl (C=O) groups excluding carboxylic acids is 1. The fourth-order valence-corrected chi connectivity index (χ4v) is 5.11. The highest BCUT2D eigenvalue weighted by Crippen LogP contribution is 2.52. The maximum absolute atomic E-state index is 15.3. The Labute approximate surface area is 225 Å². The second kappa shape index (κ2) is 10.7. The minimum absolute atomic E-state index is 0.0000256. The maximum atomic E-state index is 15.3. The Morgan fingerprint density at radius 2 is 1.82 bits per heavy atom. The largest absolute Gasteiger partial charge is 0.586 e. The molecule has 0 radical (unpaired) electrons. The summed E-state index contributed by atoms with van der Waals surface area (Å²) in [6.07, 6.45) is -2.26. The van der Waals surface area contributed by atoms with Crippen LogP contribution in [0.4, 0.5) is 18.9 Å². The number of aliphatic hydroxyl groups excluding tert-OH is 1. The Kier molecular flexibility index (Phi) is 7.91. The zero-order chi connectivity index (χ0) is 28.6. The number of aromatic nitrogens is 1. The lowest BCUT2D eigenvalue weighted by Gasteiger charge is -2.26. The number of hydrogen-bond donors (Lipinski definition) is 2. The molecule has 212 valence electrons. The van der Waals surface area contributed by atoms with E-state index >= 15 is 4.39 Å². The molecule has 2 aliphatic rings. The van der Waals surface area contributed by atoms with Crippen molar-refractivity contribution in [2.45, 2.75) is 70.6 Å². The molecule has 0 saturated heterocycles. The van der Waals surface area contributed by atoms with E-state index in [1.165, 1.54) is 18.2 Å². The van der Waals surface area contributed by atoms with E-state index in [4.69, 9.17) is 4.74 Å². The summed E-state index contributed by atoms with van der Waals surface area (Å²) in [5.41, 5.74) is 0.780. The van der Waals surface area contributed by atoms with Gasteiger partial charge in [0.15, 0.2) is 11.5 Å². The SMILES string of the molecule is CC.COCC(C)(C)c1cc2cc(NC(=O)C3(c4ccc5c(c4)OC(F)(F)O5)CC3)c(F)cc2n1CCCO. The van der Waals surface area contributed by atoms with Crippen molar-refractivity contribution in [1.29, 1.82) is 0 Å². The van der Waals surface area contributed by atoms with Gasteiger partial charge in [-0.3, -0.25) is 4.79 Å². The number of anilines is 1. The number of hydrogen-bond acceptors (Lipinski definition) is 5. The molecule has 7 nitrogen and oxygen atoms in total. The van der Waals surface area contributed by atoms with Crippen LogP contribution in [0, 0.1) is 5.82 Å². The van der Waals surface area contributed by atoms with Crippen LogP contribution in [0.25, 0.3) is 10.9 Å². The molecule has 1 saturated carbocycles. The van der Waals surface area contributed by atoms with Gasteiger partial charge in [-0.25, -0.2) is 4.39 Å². The number of ether oxygens (including phenoxy) is 3. The van der Waals surface area contributed by atoms with Gasteiger partial charge in [0.1, 0.15) is 5.82 Å². The molecule has 0 spiro atoms. The van der Waals surface area contributed by atoms with Crippen LogP contribution in [0.3, 0.4) is 0 Å². The molecule has 2 heterocycles. The maximum Gasteiger partial charge on any atom is 0.586 e. The Hall–Kier alpha value is -3.24. The van der Waals surface area contributed by atoms with E-state index in [0.29, 0.717) is 43.5 Å². The lowest BCUT2D eigenvalue weighted by atomic mass is 9.90. The molecule has 5 rings (SSSR count). The molecule has 10 heteroatoms. The van der Waals surface area contributed by atoms with Gasteiger partial charge in [0.2, 0.25) is 5.91 Å². The van der Waals surface area contributed by atoms with Crippen molar-refractivity contribution in [2.75, 3.05) is 25.6 Å². The molecule has 39 heavy (non-hydrogen) atoms. The summed E-state index contributed by atoms with van der Waals surface area (Å²) in [6.45, 7) is 8.99. The number of halogens is 3. The van der Waals surface area contributed by atoms with Crippen LogP contribution in [0.2, 0.25) is 0 Å². The fourth-order valence-electron chi connectivity index (χ4n) is 5.11. The molecular weight excluding hydrogens is 513 g/mol. The first kappa shape index (κ1) is 28.8. The Balaban J connectivity index is 0.00000172. The average molecular weight is 549 g/mol. The van der Waals surface area contributed by atoms with Crippen LogP contribution >= 0.6 is 0 Å². The van der Waals surface area contributed by atoms with Crippen LogP contribution in [0.5, 0.6) is 11.5 Å². The highest BCUT2D eigenvalue weighted by Gasteiger charge is 2.53. The number of aliphatic hydroxyl groups is 1. The molecule has 0 bridgehead atoms. The summed E-state index contributed by atoms with van der Waals surface area (Å²) in [7, 11) is 1.62. The number of carbonyl (C=O) groups is 1. The molecule has 0 atom stereocenters. The van der Waals surface area contributed by atoms with E-state index in [0.717, 1.165) is 11.1 Å². The molecule has 1 fully saturated rings. The van der Waals surface area contributed by atoms with Crippen molar-refractivity contribution in [3.8, 4) is 11.5 Å². The number of nitrogens with zero attached hydrogens (tertiary/aromatic N) is 1. The van der Waals surface area contributed by atoms with Crippen LogP contribution in [-0.2, 0) is 26.9 Å². The van der Waals surface area contributed by atoms with Crippen molar-refractivity contribution in [3.63, 3.8) is 0 Å². The highest BCUT2D eigenvalue weighted by atomic mass is 19.3. The topological polar surface area (TPSA) is 82.0 Å². The zero-order valence-electron chi connectivity index (χ0n) is 22.9. The van der Waals surface area contributed by atoms with E-state index in [1.807, 2.05) is 38.3 Å². The number of methoxy groups -OCH3 is 1. The molecule has 1 aromatic heterocycles. The standard InChI is InChI=1S/C27H29F3N2O5.C2H6/c1-25(2,15-35-3)23-12-16-11-19(18(28)14-20(16)32(23)9-4-10-33)31-24(34)26(7-8-26)17-5-6-21-22(13-17)37-27(29,30)36-21;1-2/h5-6,11-14,33H,4,7-10,15H2,1-3H3,(H,31,34);1-2H3. The summed E-state index contributed by atoms with van der Waals surface area (Å²) >= 11 is 0. The number of nitrogens with one attached hydrogen (secondary N) is 1. The summed E-state index contributed by atoms with van der Waals surface area (Å²) in [4.78, 5) is 13.3. The minimum Gasteiger partial charge on any atom is -0.396 e. The summed E-state index contributed by atoms with van der Waals surface area (Å²) in [5, 5.41) is 12.8. The van der Waals surface area contributed by atoms with Crippen LogP contribution < -0.4 is 14.8 Å². The van der Waals surface area contributed by atoms with E-state index in [-0.39, 0.29) is 29.2 Å². The molecule has 1 amide bonds. The van der Waals surface area contributed by atoms with Gasteiger partial charge in [-0.1, -0.05) is 33.8 Å². The second-order valence-corrected chi connectivity index (χ2v) is 10.3. The van der Waals surface area contributed by atoms with Crippen molar-refractivity contribution >= 4 is 22.5 Å². The predicted molar refractivity (Wildman–Crippen MR) is 142 cm³/mol. The molecule has 1 aliphatic heterocycles. The van der Waals surface area contributed by atoms with E-state index in [1.54, 1.807) is 19.2 Å². The van der Waals surface area contributed by atoms with Gasteiger partial charge in [0, 0.05) is 42.8 Å². The van der Waals surface area contributed by atoms with Gasteiger partial charge in [-0.2, -0.15) is 0 Å². The first-order valence-electron chi connectivity index (χ1n) is 13.1. The molecule has 3 aromatic rings. The first-order valence-corrected chi connectivity index (χ1v) is 13.1. The number of amides is 1. The van der Waals surface area contributed by atoms with E-state index in [2.05, 4.69) is 14.8 Å². The summed E-state index contributed by atoms with van der Waals surface area (Å²) < 4.78 is 58.5. The van der Waals surface area contributed by atoms with Crippen molar-refractivity contribution in [1.82, 2.24) is 4.57 Å².